The summed E-state index contributed by atoms with van der Waals surface area (Å²) < 4.78 is 5.44. The lowest BCUT2D eigenvalue weighted by Crippen LogP contribution is -2.30. The lowest BCUT2D eigenvalue weighted by Gasteiger charge is -2.19. The van der Waals surface area contributed by atoms with Crippen LogP contribution < -0.4 is 5.32 Å². The molecule has 34 heavy (non-hydrogen) atoms. The Labute approximate surface area is 200 Å². The molecule has 8 nitrogen and oxygen atoms in total. The molecule has 1 amide bonds. The quantitative estimate of drug-likeness (QED) is 0.384. The average molecular weight is 483 g/mol. The van der Waals surface area contributed by atoms with Crippen LogP contribution in [0.4, 0.5) is 4.79 Å². The van der Waals surface area contributed by atoms with E-state index in [2.05, 4.69) is 22.4 Å². The van der Waals surface area contributed by atoms with E-state index in [1.54, 1.807) is 0 Å². The minimum absolute atomic E-state index is 0.0314. The largest absolute Gasteiger partial charge is 0.476 e. The molecule has 0 saturated heterocycles. The van der Waals surface area contributed by atoms with Gasteiger partial charge in [0.2, 0.25) is 0 Å². The number of aliphatic hydroxyl groups is 2. The number of carbonyl (C=O) groups excluding carboxylic acids is 1. The van der Waals surface area contributed by atoms with Crippen molar-refractivity contribution < 1.29 is 29.6 Å². The zero-order valence-electron chi connectivity index (χ0n) is 18.0. The number of aromatic carboxylic acids is 1. The minimum Gasteiger partial charge on any atom is -0.476 e. The normalized spacial score (nSPS) is 14.1. The highest BCUT2D eigenvalue weighted by molar-refractivity contribution is 6.33. The number of pyridine rings is 1. The van der Waals surface area contributed by atoms with Crippen LogP contribution in [-0.2, 0) is 4.74 Å². The topological polar surface area (TPSA) is 129 Å². The lowest BCUT2D eigenvalue weighted by molar-refractivity contribution is 0.0134. The molecule has 2 unspecified atom stereocenters. The van der Waals surface area contributed by atoms with Gasteiger partial charge in [-0.25, -0.2) is 14.6 Å². The van der Waals surface area contributed by atoms with E-state index < -0.39 is 24.3 Å². The number of carboxylic acid groups (broad SMARTS) is 1. The van der Waals surface area contributed by atoms with Crippen molar-refractivity contribution in [2.45, 2.75) is 24.5 Å². The van der Waals surface area contributed by atoms with Crippen molar-refractivity contribution in [3.8, 4) is 11.1 Å². The summed E-state index contributed by atoms with van der Waals surface area (Å²) in [6.45, 7) is 0.231. The molecular formula is C25H23ClN2O6. The number of carboxylic acids is 1. The van der Waals surface area contributed by atoms with Crippen LogP contribution in [0.1, 0.15) is 45.6 Å². The molecule has 2 atom stereocenters. The Balaban J connectivity index is 1.28. The van der Waals surface area contributed by atoms with Crippen molar-refractivity contribution in [2.24, 2.45) is 0 Å². The second-order valence-electron chi connectivity index (χ2n) is 7.96. The maximum atomic E-state index is 12.2. The summed E-state index contributed by atoms with van der Waals surface area (Å²) in [5.74, 6) is -1.35. The number of aromatic nitrogens is 1. The maximum Gasteiger partial charge on any atom is 0.407 e. The Hall–Kier alpha value is -3.46. The third-order valence-corrected chi connectivity index (χ3v) is 6.11. The van der Waals surface area contributed by atoms with Crippen LogP contribution in [0.3, 0.4) is 0 Å². The zero-order valence-corrected chi connectivity index (χ0v) is 18.8. The van der Waals surface area contributed by atoms with Crippen LogP contribution in [0.2, 0.25) is 5.02 Å². The molecule has 1 aliphatic rings. The summed E-state index contributed by atoms with van der Waals surface area (Å²) in [4.78, 5) is 26.9. The highest BCUT2D eigenvalue weighted by Crippen LogP contribution is 2.44. The number of alkyl carbamates (subject to hydrolysis) is 1. The predicted octanol–water partition coefficient (Wildman–Crippen LogP) is 3.76. The maximum absolute atomic E-state index is 12.2. The first-order valence-electron chi connectivity index (χ1n) is 10.7. The first-order chi connectivity index (χ1) is 16.4. The summed E-state index contributed by atoms with van der Waals surface area (Å²) >= 11 is 5.86. The van der Waals surface area contributed by atoms with E-state index in [-0.39, 0.29) is 41.8 Å². The van der Waals surface area contributed by atoms with Gasteiger partial charge in [0.05, 0.1) is 11.1 Å². The van der Waals surface area contributed by atoms with E-state index in [1.165, 1.54) is 6.07 Å². The van der Waals surface area contributed by atoms with Crippen LogP contribution >= 0.6 is 11.6 Å². The van der Waals surface area contributed by atoms with Crippen LogP contribution in [0.5, 0.6) is 0 Å². The fourth-order valence-corrected chi connectivity index (χ4v) is 4.38. The van der Waals surface area contributed by atoms with E-state index in [0.717, 1.165) is 28.5 Å². The van der Waals surface area contributed by atoms with E-state index in [4.69, 9.17) is 21.4 Å². The number of ether oxygens (including phenoxy) is 1. The number of nitrogens with one attached hydrogen (secondary N) is 1. The molecule has 0 fully saturated rings. The van der Waals surface area contributed by atoms with Crippen molar-refractivity contribution in [2.75, 3.05) is 13.2 Å². The fraction of sp³-hybridized carbons (Fsp3) is 0.240. The molecule has 0 saturated carbocycles. The monoisotopic (exact) mass is 482 g/mol. The zero-order chi connectivity index (χ0) is 24.2. The number of nitrogens with zero attached hydrogens (tertiary/aromatic N) is 1. The van der Waals surface area contributed by atoms with Crippen LogP contribution in [0.25, 0.3) is 11.1 Å². The van der Waals surface area contributed by atoms with Gasteiger partial charge in [-0.2, -0.15) is 0 Å². The first-order valence-corrected chi connectivity index (χ1v) is 11.1. The summed E-state index contributed by atoms with van der Waals surface area (Å²) in [5, 5.41) is 31.9. The standard InChI is InChI=1S/C25H23ClN2O6/c26-20-11-14(12-28-22(20)24(31)32)23(30)21(29)9-10-27-25(33)34-13-19-17-7-3-1-5-15(17)16-6-2-4-8-18(16)19/h1-8,11-12,19,21,23,29-30H,9-10,13H2,(H,27,33)(H,31,32). The van der Waals surface area contributed by atoms with Gasteiger partial charge < -0.3 is 25.4 Å². The molecule has 176 valence electrons. The van der Waals surface area contributed by atoms with Gasteiger partial charge in [-0.1, -0.05) is 60.1 Å². The van der Waals surface area contributed by atoms with Crippen molar-refractivity contribution in [3.05, 3.63) is 88.2 Å². The van der Waals surface area contributed by atoms with Crippen molar-refractivity contribution in [3.63, 3.8) is 0 Å². The third-order valence-electron chi connectivity index (χ3n) is 5.82. The molecule has 9 heteroatoms. The average Bonchev–Trinajstić information content (AvgIpc) is 3.15. The molecule has 0 spiro atoms. The summed E-state index contributed by atoms with van der Waals surface area (Å²) in [5.41, 5.74) is 4.31. The smallest absolute Gasteiger partial charge is 0.407 e. The Bertz CT molecular complexity index is 1170. The van der Waals surface area contributed by atoms with Gasteiger partial charge in [-0.3, -0.25) is 0 Å². The van der Waals surface area contributed by atoms with Gasteiger partial charge in [-0.15, -0.1) is 0 Å². The molecule has 1 aliphatic carbocycles. The fourth-order valence-electron chi connectivity index (χ4n) is 4.12. The van der Waals surface area contributed by atoms with E-state index in [1.807, 2.05) is 36.4 Å². The highest BCUT2D eigenvalue weighted by atomic mass is 35.5. The summed E-state index contributed by atoms with van der Waals surface area (Å²) in [6, 6.07) is 17.3. The van der Waals surface area contributed by atoms with E-state index in [0.29, 0.717) is 0 Å². The van der Waals surface area contributed by atoms with Crippen LogP contribution in [-0.4, -0.2) is 51.6 Å². The number of halogens is 1. The molecular weight excluding hydrogens is 460 g/mol. The number of aliphatic hydroxyl groups excluding tert-OH is 2. The number of fused-ring (bicyclic) bond motifs is 3. The number of carbonyl (C=O) groups is 2. The molecule has 0 radical (unpaired) electrons. The Morgan fingerprint density at radius 2 is 1.68 bits per heavy atom. The number of rotatable bonds is 8. The van der Waals surface area contributed by atoms with E-state index in [9.17, 15) is 19.8 Å². The SMILES string of the molecule is O=C(NCCC(O)C(O)c1cnc(C(=O)O)c(Cl)c1)OCC1c2ccccc2-c2ccccc21. The molecule has 4 rings (SSSR count). The molecule has 2 aromatic carbocycles. The van der Waals surface area contributed by atoms with Gasteiger partial charge in [0.1, 0.15) is 12.7 Å². The van der Waals surface area contributed by atoms with Crippen LogP contribution in [0.15, 0.2) is 60.8 Å². The van der Waals surface area contributed by atoms with Crippen molar-refractivity contribution in [1.82, 2.24) is 10.3 Å². The Kier molecular flexibility index (Phi) is 7.12. The molecule has 3 aromatic rings. The van der Waals surface area contributed by atoms with Gasteiger partial charge in [0.15, 0.2) is 5.69 Å². The Morgan fingerprint density at radius 3 is 2.26 bits per heavy atom. The molecule has 0 bridgehead atoms. The molecule has 1 aromatic heterocycles. The first kappa shape index (κ1) is 23.7. The number of benzene rings is 2. The Morgan fingerprint density at radius 1 is 1.06 bits per heavy atom. The molecule has 1 heterocycles. The van der Waals surface area contributed by atoms with Gasteiger partial charge in [0.25, 0.3) is 0 Å². The van der Waals surface area contributed by atoms with Gasteiger partial charge in [0, 0.05) is 24.2 Å². The predicted molar refractivity (Wildman–Crippen MR) is 125 cm³/mol. The van der Waals surface area contributed by atoms with Crippen LogP contribution in [0, 0.1) is 0 Å². The number of amides is 1. The van der Waals surface area contributed by atoms with Crippen molar-refractivity contribution in [1.29, 1.82) is 0 Å². The highest BCUT2D eigenvalue weighted by Gasteiger charge is 2.29. The lowest BCUT2D eigenvalue weighted by atomic mass is 9.98. The number of hydrogen-bond acceptors (Lipinski definition) is 6. The molecule has 0 aliphatic heterocycles. The number of hydrogen-bond donors (Lipinski definition) is 4. The second-order valence-corrected chi connectivity index (χ2v) is 8.36. The van der Waals surface area contributed by atoms with E-state index >= 15 is 0 Å². The second kappa shape index (κ2) is 10.2. The van der Waals surface area contributed by atoms with Gasteiger partial charge >= 0.3 is 12.1 Å². The minimum atomic E-state index is -1.35. The molecule has 4 N–H and O–H groups in total. The van der Waals surface area contributed by atoms with Crippen molar-refractivity contribution >= 4 is 23.7 Å². The summed E-state index contributed by atoms with van der Waals surface area (Å²) in [7, 11) is 0. The third kappa shape index (κ3) is 4.89. The summed E-state index contributed by atoms with van der Waals surface area (Å²) in [6.07, 6.45) is -2.04. The van der Waals surface area contributed by atoms with Gasteiger partial charge in [-0.05, 0) is 34.7 Å².